The van der Waals surface area contributed by atoms with E-state index in [4.69, 9.17) is 14.2 Å². The van der Waals surface area contributed by atoms with Gasteiger partial charge in [0, 0.05) is 19.3 Å². The summed E-state index contributed by atoms with van der Waals surface area (Å²) in [4.78, 5) is 37.9. The molecule has 0 saturated heterocycles. The molecule has 0 radical (unpaired) electrons. The van der Waals surface area contributed by atoms with E-state index in [1.165, 1.54) is 122 Å². The molecule has 0 fully saturated rings. The van der Waals surface area contributed by atoms with E-state index >= 15 is 0 Å². The van der Waals surface area contributed by atoms with Gasteiger partial charge in [-0.2, -0.15) is 0 Å². The summed E-state index contributed by atoms with van der Waals surface area (Å²) in [5.74, 6) is -0.991. The Balaban J connectivity index is 4.45. The summed E-state index contributed by atoms with van der Waals surface area (Å²) in [5.41, 5.74) is 0. The lowest BCUT2D eigenvalue weighted by Crippen LogP contribution is -2.30. The molecular formula is C56H96O6. The Morgan fingerprint density at radius 3 is 1.18 bits per heavy atom. The van der Waals surface area contributed by atoms with Gasteiger partial charge in [-0.1, -0.05) is 203 Å². The Morgan fingerprint density at radius 2 is 0.694 bits per heavy atom. The quantitative estimate of drug-likeness (QED) is 0.0199. The molecule has 0 aromatic heterocycles. The molecule has 0 saturated carbocycles. The van der Waals surface area contributed by atoms with Gasteiger partial charge >= 0.3 is 17.9 Å². The molecule has 1 unspecified atom stereocenters. The van der Waals surface area contributed by atoms with Crippen LogP contribution in [-0.2, 0) is 28.6 Å². The van der Waals surface area contributed by atoms with Crippen molar-refractivity contribution in [3.63, 3.8) is 0 Å². The van der Waals surface area contributed by atoms with Gasteiger partial charge in [0.1, 0.15) is 13.2 Å². The van der Waals surface area contributed by atoms with E-state index in [0.29, 0.717) is 12.8 Å². The third kappa shape index (κ3) is 47.9. The number of esters is 3. The molecule has 0 aliphatic rings. The first-order chi connectivity index (χ1) is 30.5. The molecule has 0 N–H and O–H groups in total. The van der Waals surface area contributed by atoms with Crippen molar-refractivity contribution in [3.05, 3.63) is 72.9 Å². The first kappa shape index (κ1) is 58.9. The molecule has 0 aliphatic heterocycles. The van der Waals surface area contributed by atoms with E-state index in [1.54, 1.807) is 0 Å². The molecule has 0 rings (SSSR count). The van der Waals surface area contributed by atoms with E-state index in [-0.39, 0.29) is 44.0 Å². The van der Waals surface area contributed by atoms with E-state index in [9.17, 15) is 14.4 Å². The van der Waals surface area contributed by atoms with Crippen LogP contribution in [0, 0.1) is 0 Å². The molecule has 0 bridgehead atoms. The number of unbranched alkanes of at least 4 members (excludes halogenated alkanes) is 24. The Labute approximate surface area is 382 Å². The summed E-state index contributed by atoms with van der Waals surface area (Å²) in [6.45, 7) is 6.44. The van der Waals surface area contributed by atoms with Crippen molar-refractivity contribution >= 4 is 17.9 Å². The van der Waals surface area contributed by atoms with Crippen molar-refractivity contribution in [2.45, 2.75) is 252 Å². The summed E-state index contributed by atoms with van der Waals surface area (Å²) in [7, 11) is 0. The zero-order chi connectivity index (χ0) is 45.1. The number of hydrogen-bond donors (Lipinski definition) is 0. The molecule has 62 heavy (non-hydrogen) atoms. The van der Waals surface area contributed by atoms with Gasteiger partial charge in [-0.15, -0.1) is 0 Å². The average Bonchev–Trinajstić information content (AvgIpc) is 3.27. The molecule has 6 heteroatoms. The van der Waals surface area contributed by atoms with E-state index in [0.717, 1.165) is 77.0 Å². The maximum atomic E-state index is 12.8. The Bertz CT molecular complexity index is 1180. The van der Waals surface area contributed by atoms with Gasteiger partial charge in [0.05, 0.1) is 0 Å². The van der Waals surface area contributed by atoms with Crippen LogP contribution in [0.5, 0.6) is 0 Å². The van der Waals surface area contributed by atoms with Crippen LogP contribution < -0.4 is 0 Å². The van der Waals surface area contributed by atoms with Crippen LogP contribution in [0.25, 0.3) is 0 Å². The van der Waals surface area contributed by atoms with Crippen LogP contribution in [0.1, 0.15) is 245 Å². The molecule has 0 amide bonds. The molecule has 0 spiro atoms. The molecule has 0 aliphatic carbocycles. The van der Waals surface area contributed by atoms with Crippen LogP contribution in [0.15, 0.2) is 72.9 Å². The molecule has 0 aromatic carbocycles. The zero-order valence-corrected chi connectivity index (χ0v) is 40.6. The predicted octanol–water partition coefficient (Wildman–Crippen LogP) is 17.0. The molecular weight excluding hydrogens is 769 g/mol. The van der Waals surface area contributed by atoms with Crippen molar-refractivity contribution in [1.29, 1.82) is 0 Å². The van der Waals surface area contributed by atoms with Crippen molar-refractivity contribution in [3.8, 4) is 0 Å². The van der Waals surface area contributed by atoms with Crippen LogP contribution in [0.3, 0.4) is 0 Å². The number of allylic oxidation sites excluding steroid dienone is 12. The SMILES string of the molecule is CC/C=C\C/C=C\C/C=C\CCCC(=O)OCC(COC(=O)CCCCCCCCC/C=C\CCCCCCCC)OC(=O)CCCCC/C=C\C=C/CCCCCCCCC. The summed E-state index contributed by atoms with van der Waals surface area (Å²) < 4.78 is 16.7. The van der Waals surface area contributed by atoms with E-state index in [1.807, 2.05) is 0 Å². The predicted molar refractivity (Wildman–Crippen MR) is 265 cm³/mol. The number of hydrogen-bond acceptors (Lipinski definition) is 6. The van der Waals surface area contributed by atoms with Gasteiger partial charge in [0.2, 0.25) is 0 Å². The molecule has 0 heterocycles. The Morgan fingerprint density at radius 1 is 0.355 bits per heavy atom. The second-order valence-electron chi connectivity index (χ2n) is 17.1. The lowest BCUT2D eigenvalue weighted by atomic mass is 10.1. The minimum Gasteiger partial charge on any atom is -0.462 e. The Kier molecular flexibility index (Phi) is 47.9. The fraction of sp³-hybridized carbons (Fsp3) is 0.732. The monoisotopic (exact) mass is 865 g/mol. The standard InChI is InChI=1S/C56H96O6/c1-4-7-10-13-16-19-22-24-26-28-30-31-34-37-40-43-46-49-55(58)61-52-53(51-60-54(57)48-45-42-39-36-33-21-18-15-12-9-6-3)62-56(59)50-47-44-41-38-35-32-29-27-25-23-20-17-14-11-8-5-2/h9,12,18,21,24,26-27,29,32,35-36,39,53H,4-8,10-11,13-17,19-20,22-23,25,28,30-31,33-34,37-38,40-52H2,1-3H3/b12-9-,21-18-,26-24-,29-27-,35-32-,39-36-. The first-order valence-electron chi connectivity index (χ1n) is 26.0. The Hall–Kier alpha value is -3.15. The van der Waals surface area contributed by atoms with Crippen molar-refractivity contribution in [2.75, 3.05) is 13.2 Å². The average molecular weight is 865 g/mol. The lowest BCUT2D eigenvalue weighted by Gasteiger charge is -2.18. The van der Waals surface area contributed by atoms with Crippen LogP contribution in [0.4, 0.5) is 0 Å². The maximum Gasteiger partial charge on any atom is 0.306 e. The van der Waals surface area contributed by atoms with Gasteiger partial charge in [-0.05, 0) is 96.3 Å². The highest BCUT2D eigenvalue weighted by Gasteiger charge is 2.19. The van der Waals surface area contributed by atoms with Gasteiger partial charge in [0.25, 0.3) is 0 Å². The second-order valence-corrected chi connectivity index (χ2v) is 17.1. The smallest absolute Gasteiger partial charge is 0.306 e. The van der Waals surface area contributed by atoms with Crippen molar-refractivity contribution in [2.24, 2.45) is 0 Å². The third-order valence-corrected chi connectivity index (χ3v) is 10.9. The molecule has 0 aromatic rings. The topological polar surface area (TPSA) is 78.9 Å². The largest absolute Gasteiger partial charge is 0.462 e. The highest BCUT2D eigenvalue weighted by atomic mass is 16.6. The van der Waals surface area contributed by atoms with Crippen molar-refractivity contribution in [1.82, 2.24) is 0 Å². The first-order valence-corrected chi connectivity index (χ1v) is 26.0. The maximum absolute atomic E-state index is 12.8. The fourth-order valence-corrected chi connectivity index (χ4v) is 7.04. The van der Waals surface area contributed by atoms with Crippen LogP contribution in [-0.4, -0.2) is 37.2 Å². The molecule has 6 nitrogen and oxygen atoms in total. The van der Waals surface area contributed by atoms with Gasteiger partial charge < -0.3 is 14.2 Å². The van der Waals surface area contributed by atoms with Gasteiger partial charge in [0.15, 0.2) is 6.10 Å². The number of carbonyl (C=O) groups is 3. The highest BCUT2D eigenvalue weighted by molar-refractivity contribution is 5.71. The lowest BCUT2D eigenvalue weighted by molar-refractivity contribution is -0.167. The summed E-state index contributed by atoms with van der Waals surface area (Å²) >= 11 is 0. The normalized spacial score (nSPS) is 12.6. The highest BCUT2D eigenvalue weighted by Crippen LogP contribution is 2.14. The second kappa shape index (κ2) is 50.5. The summed E-state index contributed by atoms with van der Waals surface area (Å²) in [6.07, 6.45) is 63.3. The molecule has 356 valence electrons. The zero-order valence-electron chi connectivity index (χ0n) is 40.6. The van der Waals surface area contributed by atoms with Gasteiger partial charge in [-0.25, -0.2) is 0 Å². The van der Waals surface area contributed by atoms with E-state index < -0.39 is 6.10 Å². The van der Waals surface area contributed by atoms with Crippen molar-refractivity contribution < 1.29 is 28.6 Å². The fourth-order valence-electron chi connectivity index (χ4n) is 7.04. The summed E-state index contributed by atoms with van der Waals surface area (Å²) in [5, 5.41) is 0. The van der Waals surface area contributed by atoms with Crippen LogP contribution >= 0.6 is 0 Å². The number of rotatable bonds is 46. The third-order valence-electron chi connectivity index (χ3n) is 10.9. The number of ether oxygens (including phenoxy) is 3. The minimum absolute atomic E-state index is 0.104. The van der Waals surface area contributed by atoms with E-state index in [2.05, 4.69) is 93.7 Å². The number of carbonyl (C=O) groups excluding carboxylic acids is 3. The molecule has 1 atom stereocenters. The van der Waals surface area contributed by atoms with Crippen LogP contribution in [0.2, 0.25) is 0 Å². The van der Waals surface area contributed by atoms with Gasteiger partial charge in [-0.3, -0.25) is 14.4 Å². The minimum atomic E-state index is -0.810. The summed E-state index contributed by atoms with van der Waals surface area (Å²) in [6, 6.07) is 0.